The van der Waals surface area contributed by atoms with Gasteiger partial charge in [0, 0.05) is 12.4 Å². The Morgan fingerprint density at radius 1 is 0.929 bits per heavy atom. The van der Waals surface area contributed by atoms with Gasteiger partial charge in [-0.2, -0.15) is 10.2 Å². The third-order valence-electron chi connectivity index (χ3n) is 2.33. The maximum absolute atomic E-state index is 4.10. The van der Waals surface area contributed by atoms with Crippen LogP contribution in [0.5, 0.6) is 0 Å². The Labute approximate surface area is 83.3 Å². The zero-order chi connectivity index (χ0) is 9.97. The molecule has 2 heteroatoms. The predicted molar refractivity (Wildman–Crippen MR) is 59.1 cm³/mol. The molecule has 2 aromatic rings. The fraction of sp³-hybridized carbons (Fsp3) is 0.167. The Morgan fingerprint density at radius 2 is 1.64 bits per heavy atom. The highest BCUT2D eigenvalue weighted by Gasteiger charge is 2.00. The summed E-state index contributed by atoms with van der Waals surface area (Å²) in [5.41, 5.74) is 2.21. The van der Waals surface area contributed by atoms with Crippen molar-refractivity contribution in [2.75, 3.05) is 7.05 Å². The van der Waals surface area contributed by atoms with Crippen molar-refractivity contribution in [1.82, 2.24) is 0 Å². The lowest BCUT2D eigenvalue weighted by atomic mass is 10.0. The van der Waals surface area contributed by atoms with Gasteiger partial charge in [-0.1, -0.05) is 30.3 Å². The van der Waals surface area contributed by atoms with Gasteiger partial charge in [0.05, 0.1) is 5.69 Å². The molecule has 0 bridgehead atoms. The molecule has 0 spiro atoms. The first-order chi connectivity index (χ1) is 6.83. The molecule has 0 saturated heterocycles. The molecule has 0 heterocycles. The molecule has 0 saturated carbocycles. The topological polar surface area (TPSA) is 24.7 Å². The van der Waals surface area contributed by atoms with E-state index in [1.165, 1.54) is 10.9 Å². The van der Waals surface area contributed by atoms with Crippen molar-refractivity contribution in [2.24, 2.45) is 10.2 Å². The van der Waals surface area contributed by atoms with Gasteiger partial charge in [-0.25, -0.2) is 0 Å². The molecule has 0 atom stereocenters. The quantitative estimate of drug-likeness (QED) is 0.601. The average Bonchev–Trinajstić information content (AvgIpc) is 2.23. The normalized spacial score (nSPS) is 11.3. The first kappa shape index (κ1) is 8.88. The molecule has 0 radical (unpaired) electrons. The molecule has 0 unspecified atom stereocenters. The Balaban J connectivity index is 2.81. The van der Waals surface area contributed by atoms with Crippen LogP contribution in [0.3, 0.4) is 0 Å². The molecule has 0 aliphatic carbocycles. The van der Waals surface area contributed by atoms with Gasteiger partial charge in [-0.3, -0.25) is 0 Å². The van der Waals surface area contributed by atoms with E-state index in [9.17, 15) is 0 Å². The van der Waals surface area contributed by atoms with E-state index in [2.05, 4.69) is 35.4 Å². The fourth-order valence-corrected chi connectivity index (χ4v) is 1.63. The minimum absolute atomic E-state index is 0.939. The molecule has 0 aromatic heterocycles. The van der Waals surface area contributed by atoms with Crippen molar-refractivity contribution < 1.29 is 0 Å². The molecule has 0 aliphatic heterocycles. The van der Waals surface area contributed by atoms with Gasteiger partial charge < -0.3 is 0 Å². The van der Waals surface area contributed by atoms with Crippen LogP contribution in [-0.4, -0.2) is 7.05 Å². The molecule has 2 rings (SSSR count). The van der Waals surface area contributed by atoms with E-state index < -0.39 is 0 Å². The number of rotatable bonds is 1. The van der Waals surface area contributed by atoms with E-state index in [1.54, 1.807) is 7.05 Å². The SMILES string of the molecule is CN=Nc1ccc(C)c2ccccc12. The molecular formula is C12H12N2. The van der Waals surface area contributed by atoms with Crippen molar-refractivity contribution >= 4 is 16.5 Å². The lowest BCUT2D eigenvalue weighted by molar-refractivity contribution is 1.17. The molecule has 0 N–H and O–H groups in total. The number of azo groups is 1. The maximum atomic E-state index is 4.10. The third-order valence-corrected chi connectivity index (χ3v) is 2.33. The molecule has 0 aliphatic rings. The van der Waals surface area contributed by atoms with E-state index in [4.69, 9.17) is 0 Å². The number of fused-ring (bicyclic) bond motifs is 1. The average molecular weight is 184 g/mol. The van der Waals surface area contributed by atoms with Gasteiger partial charge in [-0.15, -0.1) is 0 Å². The van der Waals surface area contributed by atoms with Crippen LogP contribution in [0.25, 0.3) is 10.8 Å². The zero-order valence-corrected chi connectivity index (χ0v) is 8.36. The second-order valence-corrected chi connectivity index (χ2v) is 3.25. The smallest absolute Gasteiger partial charge is 0.0930 e. The number of nitrogens with zero attached hydrogens (tertiary/aromatic N) is 2. The number of aryl methyl sites for hydroxylation is 1. The van der Waals surface area contributed by atoms with Crippen LogP contribution < -0.4 is 0 Å². The zero-order valence-electron chi connectivity index (χ0n) is 8.36. The second-order valence-electron chi connectivity index (χ2n) is 3.25. The van der Waals surface area contributed by atoms with Crippen molar-refractivity contribution in [3.8, 4) is 0 Å². The molecule has 14 heavy (non-hydrogen) atoms. The molecule has 0 fully saturated rings. The summed E-state index contributed by atoms with van der Waals surface area (Å²) in [6, 6.07) is 12.3. The number of hydrogen-bond acceptors (Lipinski definition) is 2. The van der Waals surface area contributed by atoms with Crippen molar-refractivity contribution in [3.63, 3.8) is 0 Å². The van der Waals surface area contributed by atoms with Crippen LogP contribution in [0.15, 0.2) is 46.6 Å². The largest absolute Gasteiger partial charge is 0.192 e. The Morgan fingerprint density at radius 3 is 2.36 bits per heavy atom. The Bertz CT molecular complexity index is 487. The Kier molecular flexibility index (Phi) is 2.27. The van der Waals surface area contributed by atoms with Gasteiger partial charge in [0.2, 0.25) is 0 Å². The van der Waals surface area contributed by atoms with E-state index in [0.717, 1.165) is 11.1 Å². The summed E-state index contributed by atoms with van der Waals surface area (Å²) in [6.07, 6.45) is 0. The van der Waals surface area contributed by atoms with Crippen molar-refractivity contribution in [1.29, 1.82) is 0 Å². The third kappa shape index (κ3) is 1.39. The number of hydrogen-bond donors (Lipinski definition) is 0. The lowest BCUT2D eigenvalue weighted by Crippen LogP contribution is -1.77. The van der Waals surface area contributed by atoms with E-state index in [-0.39, 0.29) is 0 Å². The first-order valence-corrected chi connectivity index (χ1v) is 4.61. The van der Waals surface area contributed by atoms with Gasteiger partial charge >= 0.3 is 0 Å². The van der Waals surface area contributed by atoms with Crippen LogP contribution in [0.1, 0.15) is 5.56 Å². The van der Waals surface area contributed by atoms with Gasteiger partial charge in [0.15, 0.2) is 0 Å². The molecule has 2 aromatic carbocycles. The van der Waals surface area contributed by atoms with E-state index in [1.807, 2.05) is 18.2 Å². The minimum Gasteiger partial charge on any atom is -0.192 e. The van der Waals surface area contributed by atoms with Crippen molar-refractivity contribution in [3.05, 3.63) is 42.0 Å². The summed E-state index contributed by atoms with van der Waals surface area (Å²) >= 11 is 0. The van der Waals surface area contributed by atoms with Gasteiger partial charge in [-0.05, 0) is 23.9 Å². The fourth-order valence-electron chi connectivity index (χ4n) is 1.63. The minimum atomic E-state index is 0.939. The molecule has 2 nitrogen and oxygen atoms in total. The maximum Gasteiger partial charge on any atom is 0.0930 e. The summed E-state index contributed by atoms with van der Waals surface area (Å²) in [7, 11) is 1.69. The molecule has 70 valence electrons. The monoisotopic (exact) mass is 184 g/mol. The highest BCUT2D eigenvalue weighted by atomic mass is 15.1. The van der Waals surface area contributed by atoms with E-state index in [0.29, 0.717) is 0 Å². The van der Waals surface area contributed by atoms with E-state index >= 15 is 0 Å². The number of benzene rings is 2. The standard InChI is InChI=1S/C12H12N2/c1-9-7-8-12(14-13-2)11-6-4-3-5-10(9)11/h3-8H,1-2H3. The summed E-state index contributed by atoms with van der Waals surface area (Å²) in [5, 5.41) is 10.3. The summed E-state index contributed by atoms with van der Waals surface area (Å²) in [6.45, 7) is 2.11. The van der Waals surface area contributed by atoms with Gasteiger partial charge in [0.25, 0.3) is 0 Å². The van der Waals surface area contributed by atoms with Crippen LogP contribution >= 0.6 is 0 Å². The highest BCUT2D eigenvalue weighted by Crippen LogP contribution is 2.28. The van der Waals surface area contributed by atoms with Crippen LogP contribution in [-0.2, 0) is 0 Å². The van der Waals surface area contributed by atoms with Crippen molar-refractivity contribution in [2.45, 2.75) is 6.92 Å². The van der Waals surface area contributed by atoms with Crippen LogP contribution in [0.2, 0.25) is 0 Å². The molecular weight excluding hydrogens is 172 g/mol. The summed E-state index contributed by atoms with van der Waals surface area (Å²) in [4.78, 5) is 0. The molecule has 0 amide bonds. The van der Waals surface area contributed by atoms with Crippen LogP contribution in [0.4, 0.5) is 5.69 Å². The first-order valence-electron chi connectivity index (χ1n) is 4.61. The second kappa shape index (κ2) is 3.58. The predicted octanol–water partition coefficient (Wildman–Crippen LogP) is 3.86. The Hall–Kier alpha value is -1.70. The highest BCUT2D eigenvalue weighted by molar-refractivity contribution is 5.94. The van der Waals surface area contributed by atoms with Gasteiger partial charge in [0.1, 0.15) is 0 Å². The van der Waals surface area contributed by atoms with Crippen LogP contribution in [0, 0.1) is 6.92 Å². The summed E-state index contributed by atoms with van der Waals surface area (Å²) in [5.74, 6) is 0. The summed E-state index contributed by atoms with van der Waals surface area (Å²) < 4.78 is 0. The lowest BCUT2D eigenvalue weighted by Gasteiger charge is -2.03.